The summed E-state index contributed by atoms with van der Waals surface area (Å²) in [7, 11) is 1.66. The van der Waals surface area contributed by atoms with Crippen LogP contribution in [0.15, 0.2) is 36.7 Å². The van der Waals surface area contributed by atoms with Crippen LogP contribution in [0.2, 0.25) is 0 Å². The van der Waals surface area contributed by atoms with Crippen LogP contribution in [0.1, 0.15) is 25.0 Å². The van der Waals surface area contributed by atoms with E-state index in [4.69, 9.17) is 9.47 Å². The van der Waals surface area contributed by atoms with Crippen LogP contribution in [0, 0.1) is 6.92 Å². The van der Waals surface area contributed by atoms with E-state index in [1.807, 2.05) is 44.3 Å². The lowest BCUT2D eigenvalue weighted by molar-refractivity contribution is 0.230. The number of nitrogens with one attached hydrogen (secondary N) is 1. The zero-order valence-electron chi connectivity index (χ0n) is 13.0. The molecule has 0 aliphatic carbocycles. The summed E-state index contributed by atoms with van der Waals surface area (Å²) in [6.45, 7) is 6.77. The highest BCUT2D eigenvalue weighted by Crippen LogP contribution is 2.29. The Morgan fingerprint density at radius 2 is 2.00 bits per heavy atom. The Bertz CT molecular complexity index is 597. The molecule has 1 aromatic carbocycles. The van der Waals surface area contributed by atoms with Gasteiger partial charge in [0.05, 0.1) is 25.1 Å². The average molecular weight is 286 g/mol. The number of anilines is 1. The number of methoxy groups -OCH3 is 1. The molecule has 0 saturated carbocycles. The van der Waals surface area contributed by atoms with Gasteiger partial charge in [-0.3, -0.25) is 4.98 Å². The SMILES string of the molecule is COc1cc(CNc2cnccc2C)ccc1OC(C)C. The van der Waals surface area contributed by atoms with E-state index in [9.17, 15) is 0 Å². The largest absolute Gasteiger partial charge is 0.493 e. The lowest BCUT2D eigenvalue weighted by Crippen LogP contribution is -2.07. The van der Waals surface area contributed by atoms with Gasteiger partial charge < -0.3 is 14.8 Å². The maximum atomic E-state index is 5.72. The van der Waals surface area contributed by atoms with E-state index in [1.165, 1.54) is 5.56 Å². The zero-order chi connectivity index (χ0) is 15.2. The van der Waals surface area contributed by atoms with Gasteiger partial charge in [-0.1, -0.05) is 6.07 Å². The topological polar surface area (TPSA) is 43.4 Å². The summed E-state index contributed by atoms with van der Waals surface area (Å²) >= 11 is 0. The first kappa shape index (κ1) is 15.2. The van der Waals surface area contributed by atoms with Gasteiger partial charge in [-0.15, -0.1) is 0 Å². The number of rotatable bonds is 6. The quantitative estimate of drug-likeness (QED) is 0.877. The first-order chi connectivity index (χ1) is 10.1. The minimum Gasteiger partial charge on any atom is -0.493 e. The lowest BCUT2D eigenvalue weighted by Gasteiger charge is -2.15. The highest BCUT2D eigenvalue weighted by molar-refractivity contribution is 5.49. The molecular weight excluding hydrogens is 264 g/mol. The zero-order valence-corrected chi connectivity index (χ0v) is 13.0. The Balaban J connectivity index is 2.09. The molecule has 0 unspecified atom stereocenters. The van der Waals surface area contributed by atoms with Crippen molar-refractivity contribution in [1.82, 2.24) is 4.98 Å². The summed E-state index contributed by atoms with van der Waals surface area (Å²) in [5.41, 5.74) is 3.35. The van der Waals surface area contributed by atoms with E-state index < -0.39 is 0 Å². The Kier molecular flexibility index (Phi) is 5.04. The molecule has 2 rings (SSSR count). The van der Waals surface area contributed by atoms with E-state index in [0.29, 0.717) is 6.54 Å². The van der Waals surface area contributed by atoms with Crippen LogP contribution < -0.4 is 14.8 Å². The summed E-state index contributed by atoms with van der Waals surface area (Å²) in [5.74, 6) is 1.53. The molecule has 0 bridgehead atoms. The minimum atomic E-state index is 0.126. The summed E-state index contributed by atoms with van der Waals surface area (Å²) in [6.07, 6.45) is 3.76. The van der Waals surface area contributed by atoms with Crippen molar-refractivity contribution >= 4 is 5.69 Å². The molecule has 0 atom stereocenters. The Labute approximate surface area is 126 Å². The lowest BCUT2D eigenvalue weighted by atomic mass is 10.2. The molecule has 1 heterocycles. The highest BCUT2D eigenvalue weighted by atomic mass is 16.5. The van der Waals surface area contributed by atoms with Gasteiger partial charge in [-0.2, -0.15) is 0 Å². The van der Waals surface area contributed by atoms with Crippen molar-refractivity contribution < 1.29 is 9.47 Å². The summed E-state index contributed by atoms with van der Waals surface area (Å²) in [4.78, 5) is 4.13. The van der Waals surface area contributed by atoms with Crippen molar-refractivity contribution in [2.45, 2.75) is 33.4 Å². The number of nitrogens with zero attached hydrogens (tertiary/aromatic N) is 1. The molecule has 4 heteroatoms. The van der Waals surface area contributed by atoms with Crippen LogP contribution in [0.25, 0.3) is 0 Å². The third-order valence-corrected chi connectivity index (χ3v) is 3.11. The van der Waals surface area contributed by atoms with Crippen LogP contribution in [0.4, 0.5) is 5.69 Å². The third-order valence-electron chi connectivity index (χ3n) is 3.11. The first-order valence-electron chi connectivity index (χ1n) is 7.08. The van der Waals surface area contributed by atoms with Gasteiger partial charge >= 0.3 is 0 Å². The fourth-order valence-corrected chi connectivity index (χ4v) is 2.02. The Morgan fingerprint density at radius 1 is 1.19 bits per heavy atom. The Hall–Kier alpha value is -2.23. The van der Waals surface area contributed by atoms with E-state index >= 15 is 0 Å². The number of pyridine rings is 1. The van der Waals surface area contributed by atoms with Crippen LogP contribution in [-0.2, 0) is 6.54 Å². The second kappa shape index (κ2) is 6.97. The summed E-state index contributed by atoms with van der Waals surface area (Å²) in [6, 6.07) is 7.98. The smallest absolute Gasteiger partial charge is 0.161 e. The predicted molar refractivity (Wildman–Crippen MR) is 85.1 cm³/mol. The third kappa shape index (κ3) is 4.12. The van der Waals surface area contributed by atoms with Gasteiger partial charge in [0.15, 0.2) is 11.5 Å². The van der Waals surface area contributed by atoms with Gasteiger partial charge in [0.1, 0.15) is 0 Å². The number of ether oxygens (including phenoxy) is 2. The van der Waals surface area contributed by atoms with Crippen molar-refractivity contribution in [2.75, 3.05) is 12.4 Å². The maximum absolute atomic E-state index is 5.72. The van der Waals surface area contributed by atoms with Gasteiger partial charge in [0, 0.05) is 12.7 Å². The summed E-state index contributed by atoms with van der Waals surface area (Å²) < 4.78 is 11.1. The molecule has 0 fully saturated rings. The van der Waals surface area contributed by atoms with Crippen molar-refractivity contribution in [3.8, 4) is 11.5 Å². The number of hydrogen-bond acceptors (Lipinski definition) is 4. The van der Waals surface area contributed by atoms with Gasteiger partial charge in [0.2, 0.25) is 0 Å². The second-order valence-corrected chi connectivity index (χ2v) is 5.20. The molecule has 21 heavy (non-hydrogen) atoms. The summed E-state index contributed by atoms with van der Waals surface area (Å²) in [5, 5.41) is 3.38. The molecular formula is C17H22N2O2. The number of aryl methyl sites for hydroxylation is 1. The fraction of sp³-hybridized carbons (Fsp3) is 0.353. The number of hydrogen-bond donors (Lipinski definition) is 1. The first-order valence-corrected chi connectivity index (χ1v) is 7.08. The average Bonchev–Trinajstić information content (AvgIpc) is 2.47. The molecule has 2 aromatic rings. The van der Waals surface area contributed by atoms with Crippen molar-refractivity contribution in [3.63, 3.8) is 0 Å². The van der Waals surface area contributed by atoms with Crippen LogP contribution in [0.3, 0.4) is 0 Å². The van der Waals surface area contributed by atoms with Gasteiger partial charge in [-0.05, 0) is 50.1 Å². The normalized spacial score (nSPS) is 10.5. The fourth-order valence-electron chi connectivity index (χ4n) is 2.02. The van der Waals surface area contributed by atoms with Crippen LogP contribution >= 0.6 is 0 Å². The number of benzene rings is 1. The van der Waals surface area contributed by atoms with Crippen molar-refractivity contribution in [3.05, 3.63) is 47.8 Å². The van der Waals surface area contributed by atoms with E-state index in [2.05, 4.69) is 17.2 Å². The molecule has 0 spiro atoms. The van der Waals surface area contributed by atoms with E-state index in [0.717, 1.165) is 22.7 Å². The molecule has 0 saturated heterocycles. The maximum Gasteiger partial charge on any atom is 0.161 e. The van der Waals surface area contributed by atoms with Crippen LogP contribution in [-0.4, -0.2) is 18.2 Å². The molecule has 112 valence electrons. The van der Waals surface area contributed by atoms with Gasteiger partial charge in [0.25, 0.3) is 0 Å². The van der Waals surface area contributed by atoms with Gasteiger partial charge in [-0.25, -0.2) is 0 Å². The predicted octanol–water partition coefficient (Wildman–Crippen LogP) is 3.80. The van der Waals surface area contributed by atoms with E-state index in [-0.39, 0.29) is 6.10 Å². The standard InChI is InChI=1S/C17H22N2O2/c1-12(2)21-16-6-5-14(9-17(16)20-4)10-19-15-11-18-8-7-13(15)3/h5-9,11-12,19H,10H2,1-4H3. The molecule has 0 aliphatic rings. The molecule has 0 aliphatic heterocycles. The molecule has 1 N–H and O–H groups in total. The Morgan fingerprint density at radius 3 is 2.67 bits per heavy atom. The van der Waals surface area contributed by atoms with Crippen molar-refractivity contribution in [1.29, 1.82) is 0 Å². The van der Waals surface area contributed by atoms with Crippen LogP contribution in [0.5, 0.6) is 11.5 Å². The van der Waals surface area contributed by atoms with E-state index in [1.54, 1.807) is 13.3 Å². The molecule has 1 aromatic heterocycles. The van der Waals surface area contributed by atoms with Crippen molar-refractivity contribution in [2.24, 2.45) is 0 Å². The minimum absolute atomic E-state index is 0.126. The molecule has 4 nitrogen and oxygen atoms in total. The molecule has 0 amide bonds. The number of aromatic nitrogens is 1. The molecule has 0 radical (unpaired) electrons. The second-order valence-electron chi connectivity index (χ2n) is 5.20. The monoisotopic (exact) mass is 286 g/mol. The highest BCUT2D eigenvalue weighted by Gasteiger charge is 2.07.